The third kappa shape index (κ3) is 5.46. The third-order valence-electron chi connectivity index (χ3n) is 3.19. The molecular formula is C16H24O2. The maximum atomic E-state index is 11.9. The van der Waals surface area contributed by atoms with Gasteiger partial charge in [0.05, 0.1) is 0 Å². The molecule has 0 saturated carbocycles. The summed E-state index contributed by atoms with van der Waals surface area (Å²) in [6.07, 6.45) is 6.79. The first-order valence-corrected chi connectivity index (χ1v) is 7.03. The Hall–Kier alpha value is -1.15. The topological polar surface area (TPSA) is 37.3 Å². The Morgan fingerprint density at radius 2 is 1.67 bits per heavy atom. The van der Waals surface area contributed by atoms with Crippen molar-refractivity contribution in [3.8, 4) is 0 Å². The van der Waals surface area contributed by atoms with E-state index >= 15 is 0 Å². The van der Waals surface area contributed by atoms with Crippen LogP contribution in [0.3, 0.4) is 0 Å². The van der Waals surface area contributed by atoms with E-state index in [9.17, 15) is 9.90 Å². The van der Waals surface area contributed by atoms with Crippen LogP contribution in [0.1, 0.15) is 62.2 Å². The minimum Gasteiger partial charge on any atom is -0.385 e. The number of unbranched alkanes of at least 4 members (excludes halogenated alkanes) is 5. The van der Waals surface area contributed by atoms with Gasteiger partial charge in [-0.3, -0.25) is 4.79 Å². The van der Waals surface area contributed by atoms with Crippen LogP contribution in [-0.4, -0.2) is 17.0 Å². The second-order valence-corrected chi connectivity index (χ2v) is 4.80. The lowest BCUT2D eigenvalue weighted by atomic mass is 10.0. The fourth-order valence-electron chi connectivity index (χ4n) is 2.04. The molecule has 1 aromatic rings. The molecule has 0 aliphatic heterocycles. The van der Waals surface area contributed by atoms with E-state index < -0.39 is 6.10 Å². The van der Waals surface area contributed by atoms with Crippen molar-refractivity contribution in [3.63, 3.8) is 0 Å². The highest BCUT2D eigenvalue weighted by Crippen LogP contribution is 2.12. The Balaban J connectivity index is 2.20. The van der Waals surface area contributed by atoms with E-state index in [1.165, 1.54) is 25.7 Å². The summed E-state index contributed by atoms with van der Waals surface area (Å²) in [7, 11) is 0. The summed E-state index contributed by atoms with van der Waals surface area (Å²) in [6.45, 7) is 2.20. The summed E-state index contributed by atoms with van der Waals surface area (Å²) < 4.78 is 0. The van der Waals surface area contributed by atoms with Crippen molar-refractivity contribution in [2.45, 2.75) is 58.0 Å². The molecule has 0 saturated heterocycles. The van der Waals surface area contributed by atoms with Crippen molar-refractivity contribution in [1.82, 2.24) is 0 Å². The molecule has 18 heavy (non-hydrogen) atoms. The molecule has 1 aromatic carbocycles. The molecule has 2 nitrogen and oxygen atoms in total. The van der Waals surface area contributed by atoms with Gasteiger partial charge < -0.3 is 5.11 Å². The molecule has 2 heteroatoms. The smallest absolute Gasteiger partial charge is 0.191 e. The summed E-state index contributed by atoms with van der Waals surface area (Å²) in [5.41, 5.74) is 0.607. The van der Waals surface area contributed by atoms with Gasteiger partial charge in [0.2, 0.25) is 0 Å². The predicted octanol–water partition coefficient (Wildman–Crippen LogP) is 3.98. The monoisotopic (exact) mass is 248 g/mol. The number of aliphatic hydroxyl groups excluding tert-OH is 1. The van der Waals surface area contributed by atoms with E-state index in [1.54, 1.807) is 12.1 Å². The van der Waals surface area contributed by atoms with Crippen LogP contribution in [0.4, 0.5) is 0 Å². The van der Waals surface area contributed by atoms with Gasteiger partial charge in [-0.15, -0.1) is 0 Å². The molecule has 100 valence electrons. The Morgan fingerprint density at radius 1 is 1.06 bits per heavy atom. The third-order valence-corrected chi connectivity index (χ3v) is 3.19. The van der Waals surface area contributed by atoms with Gasteiger partial charge >= 0.3 is 0 Å². The molecule has 0 fully saturated rings. The zero-order chi connectivity index (χ0) is 13.2. The van der Waals surface area contributed by atoms with Crippen LogP contribution in [0.5, 0.6) is 0 Å². The molecule has 1 atom stereocenters. The van der Waals surface area contributed by atoms with Gasteiger partial charge in [0.1, 0.15) is 6.10 Å². The highest BCUT2D eigenvalue weighted by Gasteiger charge is 2.15. The van der Waals surface area contributed by atoms with Gasteiger partial charge in [0, 0.05) is 5.56 Å². The van der Waals surface area contributed by atoms with Crippen LogP contribution >= 0.6 is 0 Å². The van der Waals surface area contributed by atoms with Gasteiger partial charge in [-0.05, 0) is 6.42 Å². The number of carbonyl (C=O) groups is 1. The summed E-state index contributed by atoms with van der Waals surface area (Å²) in [5, 5.41) is 9.82. The molecule has 0 radical (unpaired) electrons. The average Bonchev–Trinajstić information content (AvgIpc) is 2.42. The normalized spacial score (nSPS) is 12.3. The molecular weight excluding hydrogens is 224 g/mol. The molecule has 0 aromatic heterocycles. The van der Waals surface area contributed by atoms with Crippen LogP contribution in [-0.2, 0) is 0 Å². The minimum absolute atomic E-state index is 0.149. The first-order chi connectivity index (χ1) is 8.75. The van der Waals surface area contributed by atoms with E-state index in [0.717, 1.165) is 12.8 Å². The van der Waals surface area contributed by atoms with Crippen molar-refractivity contribution in [2.75, 3.05) is 0 Å². The lowest BCUT2D eigenvalue weighted by Gasteiger charge is -2.09. The van der Waals surface area contributed by atoms with E-state index in [1.807, 2.05) is 18.2 Å². The quantitative estimate of drug-likeness (QED) is 0.530. The molecule has 1 rings (SSSR count). The van der Waals surface area contributed by atoms with Crippen molar-refractivity contribution in [3.05, 3.63) is 35.9 Å². The van der Waals surface area contributed by atoms with Gasteiger partial charge in [-0.1, -0.05) is 75.8 Å². The van der Waals surface area contributed by atoms with Crippen molar-refractivity contribution in [1.29, 1.82) is 0 Å². The van der Waals surface area contributed by atoms with E-state index in [4.69, 9.17) is 0 Å². The van der Waals surface area contributed by atoms with Gasteiger partial charge in [-0.25, -0.2) is 0 Å². The molecule has 0 heterocycles. The van der Waals surface area contributed by atoms with Crippen molar-refractivity contribution < 1.29 is 9.90 Å². The molecule has 0 aliphatic rings. The number of Topliss-reactive ketones (excluding diaryl/α,β-unsaturated/α-hetero) is 1. The maximum absolute atomic E-state index is 11.9. The summed E-state index contributed by atoms with van der Waals surface area (Å²) in [4.78, 5) is 11.9. The zero-order valence-electron chi connectivity index (χ0n) is 11.3. The highest BCUT2D eigenvalue weighted by atomic mass is 16.3. The first-order valence-electron chi connectivity index (χ1n) is 7.03. The van der Waals surface area contributed by atoms with Crippen LogP contribution in [0.15, 0.2) is 30.3 Å². The standard InChI is InChI=1S/C16H24O2/c1-2-3-4-5-6-10-13-15(17)16(18)14-11-8-7-9-12-14/h7-9,11-12,15,17H,2-6,10,13H2,1H3. The van der Waals surface area contributed by atoms with E-state index in [2.05, 4.69) is 6.92 Å². The van der Waals surface area contributed by atoms with E-state index in [0.29, 0.717) is 12.0 Å². The number of hydrogen-bond donors (Lipinski definition) is 1. The lowest BCUT2D eigenvalue weighted by Crippen LogP contribution is -2.20. The van der Waals surface area contributed by atoms with Crippen LogP contribution in [0.25, 0.3) is 0 Å². The summed E-state index contributed by atoms with van der Waals surface area (Å²) in [5.74, 6) is -0.149. The van der Waals surface area contributed by atoms with Gasteiger partial charge in [0.15, 0.2) is 5.78 Å². The van der Waals surface area contributed by atoms with Gasteiger partial charge in [0.25, 0.3) is 0 Å². The number of aliphatic hydroxyl groups is 1. The Labute approximate surface area is 110 Å². The summed E-state index contributed by atoms with van der Waals surface area (Å²) in [6, 6.07) is 9.03. The number of benzene rings is 1. The average molecular weight is 248 g/mol. The number of ketones is 1. The number of carbonyl (C=O) groups excluding carboxylic acids is 1. The minimum atomic E-state index is -0.835. The Kier molecular flexibility index (Phi) is 7.35. The maximum Gasteiger partial charge on any atom is 0.191 e. The highest BCUT2D eigenvalue weighted by molar-refractivity contribution is 5.99. The fraction of sp³-hybridized carbons (Fsp3) is 0.562. The molecule has 0 bridgehead atoms. The zero-order valence-corrected chi connectivity index (χ0v) is 11.3. The van der Waals surface area contributed by atoms with Crippen molar-refractivity contribution in [2.24, 2.45) is 0 Å². The fourth-order valence-corrected chi connectivity index (χ4v) is 2.04. The largest absolute Gasteiger partial charge is 0.385 e. The molecule has 1 unspecified atom stereocenters. The van der Waals surface area contributed by atoms with E-state index in [-0.39, 0.29) is 5.78 Å². The molecule has 1 N–H and O–H groups in total. The molecule has 0 amide bonds. The first kappa shape index (κ1) is 14.9. The van der Waals surface area contributed by atoms with Gasteiger partial charge in [-0.2, -0.15) is 0 Å². The molecule has 0 aliphatic carbocycles. The predicted molar refractivity (Wildman–Crippen MR) is 74.8 cm³/mol. The van der Waals surface area contributed by atoms with Crippen LogP contribution in [0.2, 0.25) is 0 Å². The number of hydrogen-bond acceptors (Lipinski definition) is 2. The van der Waals surface area contributed by atoms with Crippen molar-refractivity contribution >= 4 is 5.78 Å². The Bertz CT molecular complexity index is 332. The second kappa shape index (κ2) is 8.87. The van der Waals surface area contributed by atoms with Crippen LogP contribution < -0.4 is 0 Å². The Morgan fingerprint density at radius 3 is 2.33 bits per heavy atom. The number of rotatable bonds is 9. The summed E-state index contributed by atoms with van der Waals surface area (Å²) >= 11 is 0. The molecule has 0 spiro atoms. The second-order valence-electron chi connectivity index (χ2n) is 4.80. The lowest BCUT2D eigenvalue weighted by molar-refractivity contribution is 0.0725. The van der Waals surface area contributed by atoms with Crippen LogP contribution in [0, 0.1) is 0 Å². The SMILES string of the molecule is CCCCCCCCC(O)C(=O)c1ccccc1.